The summed E-state index contributed by atoms with van der Waals surface area (Å²) in [4.78, 5) is 32.9. The number of hydrogen-bond acceptors (Lipinski definition) is 5. The molecular weight excluding hydrogens is 358 g/mol. The molecular formula is C21H31N3O4. The number of carbonyl (C=O) groups excluding carboxylic acids is 2. The third kappa shape index (κ3) is 5.59. The van der Waals surface area contributed by atoms with Gasteiger partial charge in [0.1, 0.15) is 17.5 Å². The molecule has 2 amide bonds. The maximum atomic E-state index is 13.0. The molecule has 0 aromatic carbocycles. The molecule has 2 saturated heterocycles. The van der Waals surface area contributed by atoms with Gasteiger partial charge in [-0.05, 0) is 45.7 Å². The van der Waals surface area contributed by atoms with Crippen LogP contribution in [0.5, 0.6) is 5.75 Å². The lowest BCUT2D eigenvalue weighted by atomic mass is 9.95. The number of likely N-dealkylation sites (tertiary alicyclic amines) is 2. The van der Waals surface area contributed by atoms with Crippen molar-refractivity contribution >= 4 is 12.0 Å². The fourth-order valence-electron chi connectivity index (χ4n) is 3.73. The Morgan fingerprint density at radius 3 is 2.36 bits per heavy atom. The highest BCUT2D eigenvalue weighted by molar-refractivity contribution is 5.80. The molecule has 1 aromatic heterocycles. The number of carbonyl (C=O) groups is 2. The molecule has 0 N–H and O–H groups in total. The van der Waals surface area contributed by atoms with Crippen LogP contribution in [-0.4, -0.2) is 64.7 Å². The van der Waals surface area contributed by atoms with Crippen LogP contribution in [0.1, 0.15) is 46.5 Å². The van der Waals surface area contributed by atoms with E-state index in [1.54, 1.807) is 17.3 Å². The van der Waals surface area contributed by atoms with Crippen molar-refractivity contribution in [1.82, 2.24) is 14.8 Å². The predicted octanol–water partition coefficient (Wildman–Crippen LogP) is 3.10. The van der Waals surface area contributed by atoms with Crippen LogP contribution in [0, 0.1) is 5.92 Å². The summed E-state index contributed by atoms with van der Waals surface area (Å²) in [6, 6.07) is 3.70. The zero-order valence-corrected chi connectivity index (χ0v) is 17.1. The van der Waals surface area contributed by atoms with Crippen LogP contribution in [0.15, 0.2) is 24.5 Å². The van der Waals surface area contributed by atoms with Crippen LogP contribution in [0.2, 0.25) is 0 Å². The van der Waals surface area contributed by atoms with E-state index in [-0.39, 0.29) is 24.0 Å². The Morgan fingerprint density at radius 2 is 1.71 bits per heavy atom. The lowest BCUT2D eigenvalue weighted by molar-refractivity contribution is -0.139. The molecule has 7 heteroatoms. The quantitative estimate of drug-likeness (QED) is 0.794. The maximum absolute atomic E-state index is 13.0. The van der Waals surface area contributed by atoms with Gasteiger partial charge in [0.15, 0.2) is 0 Å². The van der Waals surface area contributed by atoms with E-state index in [9.17, 15) is 9.59 Å². The second kappa shape index (κ2) is 8.80. The van der Waals surface area contributed by atoms with Crippen LogP contribution >= 0.6 is 0 Å². The van der Waals surface area contributed by atoms with Crippen molar-refractivity contribution in [3.63, 3.8) is 0 Å². The van der Waals surface area contributed by atoms with Crippen LogP contribution in [0.4, 0.5) is 4.79 Å². The largest absolute Gasteiger partial charge is 0.490 e. The summed E-state index contributed by atoms with van der Waals surface area (Å²) >= 11 is 0. The Bertz CT molecular complexity index is 666. The van der Waals surface area contributed by atoms with Crippen LogP contribution in [0.3, 0.4) is 0 Å². The number of amides is 2. The van der Waals surface area contributed by atoms with Gasteiger partial charge >= 0.3 is 6.09 Å². The summed E-state index contributed by atoms with van der Waals surface area (Å²) < 4.78 is 11.4. The third-order valence-electron chi connectivity index (χ3n) is 5.13. The van der Waals surface area contributed by atoms with E-state index in [0.717, 1.165) is 31.4 Å². The van der Waals surface area contributed by atoms with Crippen molar-refractivity contribution in [1.29, 1.82) is 0 Å². The minimum absolute atomic E-state index is 0.121. The van der Waals surface area contributed by atoms with Gasteiger partial charge in [-0.15, -0.1) is 0 Å². The molecule has 3 heterocycles. The molecule has 1 aromatic rings. The summed E-state index contributed by atoms with van der Waals surface area (Å²) in [5, 5.41) is 0. The van der Waals surface area contributed by atoms with E-state index < -0.39 is 5.60 Å². The average Bonchev–Trinajstić information content (AvgIpc) is 2.68. The van der Waals surface area contributed by atoms with E-state index in [2.05, 4.69) is 4.98 Å². The molecule has 28 heavy (non-hydrogen) atoms. The predicted molar refractivity (Wildman–Crippen MR) is 105 cm³/mol. The molecule has 2 aliphatic heterocycles. The molecule has 0 aliphatic carbocycles. The number of piperidine rings is 2. The second-order valence-electron chi connectivity index (χ2n) is 8.59. The zero-order valence-electron chi connectivity index (χ0n) is 17.1. The first kappa shape index (κ1) is 20.4. The van der Waals surface area contributed by atoms with Crippen molar-refractivity contribution in [2.24, 2.45) is 5.92 Å². The first-order chi connectivity index (χ1) is 13.3. The fraction of sp³-hybridized carbons (Fsp3) is 0.667. The van der Waals surface area contributed by atoms with E-state index in [4.69, 9.17) is 9.47 Å². The maximum Gasteiger partial charge on any atom is 0.410 e. The Labute approximate surface area is 167 Å². The highest BCUT2D eigenvalue weighted by Gasteiger charge is 2.34. The topological polar surface area (TPSA) is 72.0 Å². The molecule has 0 spiro atoms. The number of hydrogen-bond donors (Lipinski definition) is 0. The van der Waals surface area contributed by atoms with Gasteiger partial charge in [-0.3, -0.25) is 9.78 Å². The van der Waals surface area contributed by atoms with E-state index >= 15 is 0 Å². The van der Waals surface area contributed by atoms with Gasteiger partial charge in [0.2, 0.25) is 5.91 Å². The highest BCUT2D eigenvalue weighted by Crippen LogP contribution is 2.24. The Kier molecular flexibility index (Phi) is 6.42. The molecule has 0 unspecified atom stereocenters. The molecule has 0 radical (unpaired) electrons. The van der Waals surface area contributed by atoms with Crippen molar-refractivity contribution in [2.45, 2.75) is 58.2 Å². The Morgan fingerprint density at radius 1 is 1.04 bits per heavy atom. The summed E-state index contributed by atoms with van der Waals surface area (Å²) in [5.74, 6) is 0.828. The van der Waals surface area contributed by atoms with Crippen LogP contribution < -0.4 is 4.74 Å². The SMILES string of the molecule is CC(C)(C)OC(=O)N1CCC[C@H](C(=O)N2CCC(Oc3ccncc3)CC2)C1. The number of rotatable bonds is 3. The minimum Gasteiger partial charge on any atom is -0.490 e. The van der Waals surface area contributed by atoms with Gasteiger partial charge in [0, 0.05) is 51.4 Å². The van der Waals surface area contributed by atoms with Gasteiger partial charge < -0.3 is 19.3 Å². The first-order valence-corrected chi connectivity index (χ1v) is 10.2. The lowest BCUT2D eigenvalue weighted by Crippen LogP contribution is -2.50. The van der Waals surface area contributed by atoms with Gasteiger partial charge in [-0.2, -0.15) is 0 Å². The van der Waals surface area contributed by atoms with E-state index in [1.165, 1.54) is 0 Å². The molecule has 7 nitrogen and oxygen atoms in total. The van der Waals surface area contributed by atoms with Crippen LogP contribution in [-0.2, 0) is 9.53 Å². The Hall–Kier alpha value is -2.31. The van der Waals surface area contributed by atoms with Crippen molar-refractivity contribution in [2.75, 3.05) is 26.2 Å². The Balaban J connectivity index is 1.48. The highest BCUT2D eigenvalue weighted by atomic mass is 16.6. The molecule has 3 rings (SSSR count). The molecule has 2 aliphatic rings. The van der Waals surface area contributed by atoms with Crippen LogP contribution in [0.25, 0.3) is 0 Å². The first-order valence-electron chi connectivity index (χ1n) is 10.2. The average molecular weight is 389 g/mol. The van der Waals surface area contributed by atoms with Crippen molar-refractivity contribution in [3.05, 3.63) is 24.5 Å². The molecule has 0 saturated carbocycles. The van der Waals surface area contributed by atoms with E-state index in [0.29, 0.717) is 26.2 Å². The number of ether oxygens (including phenoxy) is 2. The van der Waals surface area contributed by atoms with E-state index in [1.807, 2.05) is 37.8 Å². The normalized spacial score (nSPS) is 21.3. The number of nitrogens with zero attached hydrogens (tertiary/aromatic N) is 3. The lowest BCUT2D eigenvalue weighted by Gasteiger charge is -2.38. The summed E-state index contributed by atoms with van der Waals surface area (Å²) in [5.41, 5.74) is -0.523. The molecule has 154 valence electrons. The van der Waals surface area contributed by atoms with Gasteiger partial charge in [-0.25, -0.2) is 4.79 Å². The third-order valence-corrected chi connectivity index (χ3v) is 5.13. The van der Waals surface area contributed by atoms with Gasteiger partial charge in [0.25, 0.3) is 0 Å². The summed E-state index contributed by atoms with van der Waals surface area (Å²) in [7, 11) is 0. The van der Waals surface area contributed by atoms with Gasteiger partial charge in [-0.1, -0.05) is 0 Å². The smallest absolute Gasteiger partial charge is 0.410 e. The summed E-state index contributed by atoms with van der Waals surface area (Å²) in [6.07, 6.45) is 6.52. The van der Waals surface area contributed by atoms with Crippen molar-refractivity contribution in [3.8, 4) is 5.75 Å². The fourth-order valence-corrected chi connectivity index (χ4v) is 3.73. The second-order valence-corrected chi connectivity index (χ2v) is 8.59. The monoisotopic (exact) mass is 389 g/mol. The zero-order chi connectivity index (χ0) is 20.1. The van der Waals surface area contributed by atoms with Gasteiger partial charge in [0.05, 0.1) is 5.92 Å². The standard InChI is InChI=1S/C21H31N3O4/c1-21(2,3)28-20(26)24-12-4-5-16(15-24)19(25)23-13-8-18(9-14-23)27-17-6-10-22-11-7-17/h6-7,10-11,16,18H,4-5,8-9,12-15H2,1-3H3/t16-/m0/s1. The molecule has 0 bridgehead atoms. The molecule has 2 fully saturated rings. The summed E-state index contributed by atoms with van der Waals surface area (Å²) in [6.45, 7) is 8.05. The number of aromatic nitrogens is 1. The van der Waals surface area contributed by atoms with Crippen molar-refractivity contribution < 1.29 is 19.1 Å². The minimum atomic E-state index is -0.523. The molecule has 1 atom stereocenters. The number of pyridine rings is 1.